The molecule has 0 spiro atoms. The fraction of sp³-hybridized carbons (Fsp3) is 0.647. The van der Waals surface area contributed by atoms with E-state index in [9.17, 15) is 15.3 Å². The lowest BCUT2D eigenvalue weighted by Gasteiger charge is -2.38. The molecule has 0 aromatic heterocycles. The first kappa shape index (κ1) is 16.7. The van der Waals surface area contributed by atoms with Crippen molar-refractivity contribution in [2.24, 2.45) is 5.41 Å². The number of rotatable bonds is 5. The molecule has 2 aliphatic rings. The molecule has 3 rings (SSSR count). The lowest BCUT2D eigenvalue weighted by Crippen LogP contribution is -2.45. The normalized spacial score (nSPS) is 33.0. The van der Waals surface area contributed by atoms with Gasteiger partial charge in [-0.3, -0.25) is 0 Å². The first-order valence-electron chi connectivity index (χ1n) is 7.94. The summed E-state index contributed by atoms with van der Waals surface area (Å²) in [6.45, 7) is 3.88. The van der Waals surface area contributed by atoms with E-state index in [0.717, 1.165) is 5.56 Å². The quantitative estimate of drug-likeness (QED) is 0.737. The second-order valence-corrected chi connectivity index (χ2v) is 6.82. The van der Waals surface area contributed by atoms with E-state index < -0.39 is 24.4 Å². The van der Waals surface area contributed by atoms with Crippen molar-refractivity contribution in [2.45, 2.75) is 37.8 Å². The average molecular weight is 324 g/mol. The Kier molecular flexibility index (Phi) is 4.89. The first-order chi connectivity index (χ1) is 11.0. The molecule has 2 saturated heterocycles. The van der Waals surface area contributed by atoms with Crippen LogP contribution in [0.3, 0.4) is 0 Å². The van der Waals surface area contributed by atoms with Gasteiger partial charge in [0.05, 0.1) is 38.6 Å². The molecule has 0 amide bonds. The molecular weight excluding hydrogens is 300 g/mol. The maximum Gasteiger partial charge on any atom is 0.119 e. The Labute approximate surface area is 135 Å². The minimum atomic E-state index is -1.02. The summed E-state index contributed by atoms with van der Waals surface area (Å²) < 4.78 is 16.7. The van der Waals surface area contributed by atoms with E-state index in [2.05, 4.69) is 6.92 Å². The van der Waals surface area contributed by atoms with Gasteiger partial charge in [-0.2, -0.15) is 0 Å². The van der Waals surface area contributed by atoms with Crippen molar-refractivity contribution in [3.63, 3.8) is 0 Å². The number of hydrogen-bond donors (Lipinski definition) is 3. The molecule has 6 heteroatoms. The van der Waals surface area contributed by atoms with Crippen molar-refractivity contribution in [2.75, 3.05) is 26.4 Å². The molecule has 6 nitrogen and oxygen atoms in total. The standard InChI is InChI=1S/C17H24O6/c1-17(8-21-9-17)10-22-12-4-2-3-11(5-12)16-15(20)14(19)6-13(7-18)23-16/h2-5,13-16,18-20H,6-10H2,1H3. The molecule has 1 aromatic carbocycles. The summed E-state index contributed by atoms with van der Waals surface area (Å²) in [5.74, 6) is 0.687. The van der Waals surface area contributed by atoms with Crippen molar-refractivity contribution in [3.8, 4) is 5.75 Å². The van der Waals surface area contributed by atoms with Crippen LogP contribution in [0.25, 0.3) is 0 Å². The monoisotopic (exact) mass is 324 g/mol. The fourth-order valence-corrected chi connectivity index (χ4v) is 2.92. The van der Waals surface area contributed by atoms with Crippen molar-refractivity contribution in [1.29, 1.82) is 0 Å². The zero-order chi connectivity index (χ0) is 16.4. The molecule has 0 saturated carbocycles. The first-order valence-corrected chi connectivity index (χ1v) is 7.94. The lowest BCUT2D eigenvalue weighted by molar-refractivity contribution is -0.179. The van der Waals surface area contributed by atoms with E-state index in [4.69, 9.17) is 14.2 Å². The topological polar surface area (TPSA) is 88.4 Å². The Morgan fingerprint density at radius 3 is 2.74 bits per heavy atom. The van der Waals surface area contributed by atoms with Gasteiger partial charge < -0.3 is 29.5 Å². The van der Waals surface area contributed by atoms with Gasteiger partial charge in [0.2, 0.25) is 0 Å². The van der Waals surface area contributed by atoms with Crippen LogP contribution in [0.1, 0.15) is 25.0 Å². The highest BCUT2D eigenvalue weighted by molar-refractivity contribution is 5.31. The fourth-order valence-electron chi connectivity index (χ4n) is 2.92. The van der Waals surface area contributed by atoms with Crippen LogP contribution in [0, 0.1) is 5.41 Å². The van der Waals surface area contributed by atoms with E-state index in [-0.39, 0.29) is 18.4 Å². The molecule has 0 aliphatic carbocycles. The Balaban J connectivity index is 1.70. The molecule has 0 radical (unpaired) electrons. The second-order valence-electron chi connectivity index (χ2n) is 6.82. The van der Waals surface area contributed by atoms with Crippen molar-refractivity contribution >= 4 is 0 Å². The van der Waals surface area contributed by atoms with Gasteiger partial charge in [0.1, 0.15) is 18.0 Å². The van der Waals surface area contributed by atoms with E-state index in [1.54, 1.807) is 0 Å². The Morgan fingerprint density at radius 2 is 2.09 bits per heavy atom. The van der Waals surface area contributed by atoms with E-state index in [0.29, 0.717) is 25.6 Å². The number of benzene rings is 1. The minimum absolute atomic E-state index is 0.0506. The summed E-state index contributed by atoms with van der Waals surface area (Å²) in [6, 6.07) is 7.31. The molecule has 4 atom stereocenters. The van der Waals surface area contributed by atoms with Crippen LogP contribution < -0.4 is 4.74 Å². The lowest BCUT2D eigenvalue weighted by atomic mass is 9.90. The maximum atomic E-state index is 10.2. The number of aliphatic hydroxyl groups is 3. The van der Waals surface area contributed by atoms with E-state index >= 15 is 0 Å². The molecule has 1 aromatic rings. The molecule has 128 valence electrons. The third kappa shape index (κ3) is 3.67. The highest BCUT2D eigenvalue weighted by Crippen LogP contribution is 2.34. The summed E-state index contributed by atoms with van der Waals surface area (Å²) in [5, 5.41) is 29.4. The zero-order valence-corrected chi connectivity index (χ0v) is 13.2. The molecule has 2 heterocycles. The summed E-state index contributed by atoms with van der Waals surface area (Å²) in [5.41, 5.74) is 0.775. The SMILES string of the molecule is CC1(COc2cccc(C3OC(CO)CC(O)C3O)c2)COC1. The largest absolute Gasteiger partial charge is 0.493 e. The number of aliphatic hydroxyl groups excluding tert-OH is 3. The second kappa shape index (κ2) is 6.75. The zero-order valence-electron chi connectivity index (χ0n) is 13.2. The highest BCUT2D eigenvalue weighted by atomic mass is 16.5. The molecular formula is C17H24O6. The van der Waals surface area contributed by atoms with Crippen LogP contribution in [0.15, 0.2) is 24.3 Å². The number of ether oxygens (including phenoxy) is 3. The van der Waals surface area contributed by atoms with Crippen LogP contribution >= 0.6 is 0 Å². The molecule has 0 bridgehead atoms. The van der Waals surface area contributed by atoms with Crippen molar-refractivity contribution < 1.29 is 29.5 Å². The van der Waals surface area contributed by atoms with Gasteiger partial charge >= 0.3 is 0 Å². The summed E-state index contributed by atoms with van der Waals surface area (Å²) in [6.07, 6.45) is -2.87. The van der Waals surface area contributed by atoms with Gasteiger partial charge in [0, 0.05) is 11.8 Å². The summed E-state index contributed by atoms with van der Waals surface area (Å²) in [4.78, 5) is 0. The Hall–Kier alpha value is -1.18. The third-order valence-electron chi connectivity index (χ3n) is 4.43. The molecule has 2 fully saturated rings. The van der Waals surface area contributed by atoms with Gasteiger partial charge in [-0.1, -0.05) is 19.1 Å². The predicted octanol–water partition coefficient (Wildman–Crippen LogP) is 0.646. The smallest absolute Gasteiger partial charge is 0.119 e. The molecule has 4 unspecified atom stereocenters. The average Bonchev–Trinajstić information content (AvgIpc) is 2.53. The summed E-state index contributed by atoms with van der Waals surface area (Å²) >= 11 is 0. The van der Waals surface area contributed by atoms with Gasteiger partial charge in [-0.15, -0.1) is 0 Å². The van der Waals surface area contributed by atoms with Gasteiger partial charge in [0.15, 0.2) is 0 Å². The minimum Gasteiger partial charge on any atom is -0.493 e. The maximum absolute atomic E-state index is 10.2. The van der Waals surface area contributed by atoms with E-state index in [1.807, 2.05) is 24.3 Å². The van der Waals surface area contributed by atoms with Crippen LogP contribution in [-0.4, -0.2) is 60.1 Å². The Morgan fingerprint density at radius 1 is 1.30 bits per heavy atom. The Bertz CT molecular complexity index is 530. The van der Waals surface area contributed by atoms with Crippen LogP contribution in [0.4, 0.5) is 0 Å². The van der Waals surface area contributed by atoms with Crippen molar-refractivity contribution in [3.05, 3.63) is 29.8 Å². The number of hydrogen-bond acceptors (Lipinski definition) is 6. The highest BCUT2D eigenvalue weighted by Gasteiger charge is 2.38. The van der Waals surface area contributed by atoms with Gasteiger partial charge in [0.25, 0.3) is 0 Å². The third-order valence-corrected chi connectivity index (χ3v) is 4.43. The van der Waals surface area contributed by atoms with Crippen LogP contribution in [-0.2, 0) is 9.47 Å². The molecule has 3 N–H and O–H groups in total. The van der Waals surface area contributed by atoms with Gasteiger partial charge in [-0.25, -0.2) is 0 Å². The van der Waals surface area contributed by atoms with E-state index in [1.165, 1.54) is 0 Å². The summed E-state index contributed by atoms with van der Waals surface area (Å²) in [7, 11) is 0. The van der Waals surface area contributed by atoms with Gasteiger partial charge in [-0.05, 0) is 17.7 Å². The van der Waals surface area contributed by atoms with Crippen molar-refractivity contribution in [1.82, 2.24) is 0 Å². The molecule has 2 aliphatic heterocycles. The molecule has 23 heavy (non-hydrogen) atoms. The van der Waals surface area contributed by atoms with Crippen LogP contribution in [0.2, 0.25) is 0 Å². The van der Waals surface area contributed by atoms with Crippen LogP contribution in [0.5, 0.6) is 5.75 Å². The predicted molar refractivity (Wildman–Crippen MR) is 82.2 cm³/mol.